The van der Waals surface area contributed by atoms with E-state index in [0.717, 1.165) is 22.3 Å². The van der Waals surface area contributed by atoms with Crippen molar-refractivity contribution < 1.29 is 4.74 Å². The predicted octanol–water partition coefficient (Wildman–Crippen LogP) is 3.91. The smallest absolute Gasteiger partial charge is 0.184 e. The van der Waals surface area contributed by atoms with E-state index in [4.69, 9.17) is 4.74 Å². The highest BCUT2D eigenvalue weighted by atomic mass is 32.1. The van der Waals surface area contributed by atoms with Crippen LogP contribution < -0.4 is 10.1 Å². The zero-order valence-electron chi connectivity index (χ0n) is 10.8. The van der Waals surface area contributed by atoms with Crippen LogP contribution in [-0.4, -0.2) is 18.1 Å². The van der Waals surface area contributed by atoms with Gasteiger partial charge in [-0.15, -0.1) is 0 Å². The fraction of sp³-hybridized carbons (Fsp3) is 0.500. The maximum atomic E-state index is 5.23. The third-order valence-corrected chi connectivity index (χ3v) is 4.44. The second kappa shape index (κ2) is 4.76. The van der Waals surface area contributed by atoms with Crippen LogP contribution in [0.2, 0.25) is 0 Å². The lowest BCUT2D eigenvalue weighted by Gasteiger charge is -1.99. The van der Waals surface area contributed by atoms with Crippen LogP contribution in [0.4, 0.5) is 5.13 Å². The SMILES string of the molecule is CCCC1CC1Nc1nc2ccc(OC)cc2s1. The summed E-state index contributed by atoms with van der Waals surface area (Å²) in [7, 11) is 1.70. The lowest BCUT2D eigenvalue weighted by atomic mass is 10.2. The van der Waals surface area contributed by atoms with E-state index >= 15 is 0 Å². The summed E-state index contributed by atoms with van der Waals surface area (Å²) in [6.45, 7) is 2.25. The van der Waals surface area contributed by atoms with Crippen LogP contribution in [0.3, 0.4) is 0 Å². The van der Waals surface area contributed by atoms with Crippen LogP contribution in [0.5, 0.6) is 5.75 Å². The van der Waals surface area contributed by atoms with Crippen molar-refractivity contribution in [2.24, 2.45) is 5.92 Å². The Morgan fingerprint density at radius 2 is 2.39 bits per heavy atom. The molecule has 1 fully saturated rings. The number of hydrogen-bond donors (Lipinski definition) is 1. The number of thiazole rings is 1. The minimum Gasteiger partial charge on any atom is -0.497 e. The van der Waals surface area contributed by atoms with E-state index in [0.29, 0.717) is 6.04 Å². The molecule has 3 rings (SSSR count). The van der Waals surface area contributed by atoms with Crippen molar-refractivity contribution in [1.29, 1.82) is 0 Å². The maximum Gasteiger partial charge on any atom is 0.184 e. The summed E-state index contributed by atoms with van der Waals surface area (Å²) in [4.78, 5) is 4.61. The number of ether oxygens (including phenoxy) is 1. The van der Waals surface area contributed by atoms with Gasteiger partial charge in [-0.2, -0.15) is 0 Å². The number of benzene rings is 1. The molecule has 4 heteroatoms. The first-order valence-corrected chi connectivity index (χ1v) is 7.33. The van der Waals surface area contributed by atoms with Crippen LogP contribution in [-0.2, 0) is 0 Å². The van der Waals surface area contributed by atoms with Crippen LogP contribution in [0.15, 0.2) is 18.2 Å². The second-order valence-corrected chi connectivity index (χ2v) is 5.92. The highest BCUT2D eigenvalue weighted by molar-refractivity contribution is 7.22. The fourth-order valence-corrected chi connectivity index (χ4v) is 3.32. The van der Waals surface area contributed by atoms with Crippen molar-refractivity contribution in [1.82, 2.24) is 4.98 Å². The Balaban J connectivity index is 1.73. The van der Waals surface area contributed by atoms with E-state index in [1.54, 1.807) is 18.4 Å². The van der Waals surface area contributed by atoms with Crippen molar-refractivity contribution in [2.75, 3.05) is 12.4 Å². The van der Waals surface area contributed by atoms with Gasteiger partial charge < -0.3 is 10.1 Å². The van der Waals surface area contributed by atoms with Gasteiger partial charge in [0, 0.05) is 6.04 Å². The maximum absolute atomic E-state index is 5.23. The standard InChI is InChI=1S/C14H18N2OS/c1-3-4-9-7-12(9)16-14-15-11-6-5-10(17-2)8-13(11)18-14/h5-6,8-9,12H,3-4,7H2,1-2H3,(H,15,16). The second-order valence-electron chi connectivity index (χ2n) is 4.89. The average molecular weight is 262 g/mol. The van der Waals surface area contributed by atoms with Crippen molar-refractivity contribution in [3.05, 3.63) is 18.2 Å². The monoisotopic (exact) mass is 262 g/mol. The largest absolute Gasteiger partial charge is 0.497 e. The number of nitrogens with zero attached hydrogens (tertiary/aromatic N) is 1. The molecule has 2 atom stereocenters. The summed E-state index contributed by atoms with van der Waals surface area (Å²) < 4.78 is 6.42. The summed E-state index contributed by atoms with van der Waals surface area (Å²) in [5.41, 5.74) is 1.05. The summed E-state index contributed by atoms with van der Waals surface area (Å²) in [6, 6.07) is 6.68. The first kappa shape index (κ1) is 11.8. The number of methoxy groups -OCH3 is 1. The van der Waals surface area contributed by atoms with E-state index in [9.17, 15) is 0 Å². The molecule has 2 aromatic rings. The minimum absolute atomic E-state index is 0.646. The zero-order valence-corrected chi connectivity index (χ0v) is 11.6. The average Bonchev–Trinajstić information content (AvgIpc) is 2.97. The molecule has 96 valence electrons. The predicted molar refractivity (Wildman–Crippen MR) is 76.6 cm³/mol. The topological polar surface area (TPSA) is 34.2 Å². The number of hydrogen-bond acceptors (Lipinski definition) is 4. The van der Waals surface area contributed by atoms with Gasteiger partial charge in [0.05, 0.1) is 17.3 Å². The molecule has 3 nitrogen and oxygen atoms in total. The summed E-state index contributed by atoms with van der Waals surface area (Å²) >= 11 is 1.71. The molecule has 0 aliphatic heterocycles. The number of anilines is 1. The first-order valence-electron chi connectivity index (χ1n) is 6.51. The van der Waals surface area contributed by atoms with Crippen LogP contribution in [0.1, 0.15) is 26.2 Å². The van der Waals surface area contributed by atoms with E-state index in [1.807, 2.05) is 12.1 Å². The zero-order chi connectivity index (χ0) is 12.5. The van der Waals surface area contributed by atoms with Gasteiger partial charge in [0.2, 0.25) is 0 Å². The summed E-state index contributed by atoms with van der Waals surface area (Å²) in [5.74, 6) is 1.75. The van der Waals surface area contributed by atoms with Gasteiger partial charge in [0.1, 0.15) is 5.75 Å². The van der Waals surface area contributed by atoms with Crippen molar-refractivity contribution in [3.63, 3.8) is 0 Å². The van der Waals surface area contributed by atoms with Crippen molar-refractivity contribution in [3.8, 4) is 5.75 Å². The summed E-state index contributed by atoms with van der Waals surface area (Å²) in [5, 5.41) is 4.59. The molecule has 1 aromatic heterocycles. The Morgan fingerprint density at radius 1 is 1.50 bits per heavy atom. The Hall–Kier alpha value is -1.29. The van der Waals surface area contributed by atoms with Gasteiger partial charge in [-0.05, 0) is 37.0 Å². The molecule has 0 bridgehead atoms. The highest BCUT2D eigenvalue weighted by Gasteiger charge is 2.36. The molecule has 0 saturated heterocycles. The minimum atomic E-state index is 0.646. The molecule has 1 saturated carbocycles. The molecule has 1 N–H and O–H groups in total. The molecule has 0 radical (unpaired) electrons. The number of rotatable bonds is 5. The molecule has 1 aromatic carbocycles. The van der Waals surface area contributed by atoms with Crippen LogP contribution >= 0.6 is 11.3 Å². The lowest BCUT2D eigenvalue weighted by Crippen LogP contribution is -2.03. The Labute approximate surface area is 111 Å². The van der Waals surface area contributed by atoms with Gasteiger partial charge in [-0.3, -0.25) is 0 Å². The molecular formula is C14H18N2OS. The molecule has 1 heterocycles. The van der Waals surface area contributed by atoms with Gasteiger partial charge in [0.15, 0.2) is 5.13 Å². The van der Waals surface area contributed by atoms with E-state index in [2.05, 4.69) is 23.3 Å². The third kappa shape index (κ3) is 2.29. The van der Waals surface area contributed by atoms with Gasteiger partial charge in [-0.1, -0.05) is 24.7 Å². The van der Waals surface area contributed by atoms with Gasteiger partial charge >= 0.3 is 0 Å². The van der Waals surface area contributed by atoms with Crippen LogP contribution in [0.25, 0.3) is 10.2 Å². The van der Waals surface area contributed by atoms with Gasteiger partial charge in [-0.25, -0.2) is 4.98 Å². The number of fused-ring (bicyclic) bond motifs is 1. The third-order valence-electron chi connectivity index (χ3n) is 3.49. The van der Waals surface area contributed by atoms with Crippen molar-refractivity contribution in [2.45, 2.75) is 32.2 Å². The molecule has 1 aliphatic rings. The number of aromatic nitrogens is 1. The molecule has 0 amide bonds. The number of nitrogens with one attached hydrogen (secondary N) is 1. The Morgan fingerprint density at radius 3 is 3.17 bits per heavy atom. The molecule has 1 aliphatic carbocycles. The highest BCUT2D eigenvalue weighted by Crippen LogP contribution is 2.39. The normalized spacial score (nSPS) is 22.1. The Bertz CT molecular complexity index is 552. The van der Waals surface area contributed by atoms with Gasteiger partial charge in [0.25, 0.3) is 0 Å². The summed E-state index contributed by atoms with van der Waals surface area (Å²) in [6.07, 6.45) is 3.91. The molecule has 18 heavy (non-hydrogen) atoms. The van der Waals surface area contributed by atoms with E-state index < -0.39 is 0 Å². The first-order chi connectivity index (χ1) is 8.80. The van der Waals surface area contributed by atoms with Crippen molar-refractivity contribution >= 4 is 26.7 Å². The molecule has 0 spiro atoms. The fourth-order valence-electron chi connectivity index (χ4n) is 2.37. The van der Waals surface area contributed by atoms with E-state index in [1.165, 1.54) is 24.0 Å². The van der Waals surface area contributed by atoms with E-state index in [-0.39, 0.29) is 0 Å². The quantitative estimate of drug-likeness (QED) is 0.887. The molecular weight excluding hydrogens is 244 g/mol. The Kier molecular flexibility index (Phi) is 3.12. The molecule has 2 unspecified atom stereocenters. The lowest BCUT2D eigenvalue weighted by molar-refractivity contribution is 0.415. The van der Waals surface area contributed by atoms with Crippen LogP contribution in [0, 0.1) is 5.92 Å².